The van der Waals surface area contributed by atoms with Crippen LogP contribution in [0.4, 0.5) is 4.39 Å². The van der Waals surface area contributed by atoms with E-state index in [4.69, 9.17) is 4.74 Å². The first-order chi connectivity index (χ1) is 15.1. The molecule has 0 aliphatic carbocycles. The minimum atomic E-state index is -0.752. The maximum absolute atomic E-state index is 14.1. The first-order valence-corrected chi connectivity index (χ1v) is 10.5. The molecule has 0 fully saturated rings. The Hall–Kier alpha value is -3.15. The van der Waals surface area contributed by atoms with Gasteiger partial charge in [0.05, 0.1) is 18.8 Å². The molecule has 1 aromatic heterocycles. The second-order valence-electron chi connectivity index (χ2n) is 7.52. The van der Waals surface area contributed by atoms with Crippen LogP contribution >= 0.6 is 0 Å². The zero-order valence-corrected chi connectivity index (χ0v) is 17.8. The summed E-state index contributed by atoms with van der Waals surface area (Å²) in [5.74, 6) is 0.489. The summed E-state index contributed by atoms with van der Waals surface area (Å²) in [5, 5.41) is 15.1. The van der Waals surface area contributed by atoms with Gasteiger partial charge in [0.2, 0.25) is 0 Å². The summed E-state index contributed by atoms with van der Waals surface area (Å²) in [6, 6.07) is 22.0. The zero-order chi connectivity index (χ0) is 21.8. The Bertz CT molecular complexity index is 1170. The third kappa shape index (κ3) is 4.20. The number of aromatic nitrogens is 1. The number of fused-ring (bicyclic) bond motifs is 1. The summed E-state index contributed by atoms with van der Waals surface area (Å²) < 4.78 is 22.0. The van der Waals surface area contributed by atoms with E-state index in [2.05, 4.69) is 11.4 Å². The van der Waals surface area contributed by atoms with Gasteiger partial charge >= 0.3 is 0 Å². The number of aliphatic hydroxyl groups excluding tert-OH is 1. The summed E-state index contributed by atoms with van der Waals surface area (Å²) in [6.45, 7) is 2.91. The molecule has 4 aromatic rings. The molecular weight excluding hydrogens is 391 g/mol. The maximum atomic E-state index is 14.1. The standard InChI is InChI=1S/C26H27FN2O2/c1-3-31-25-14-7-5-12-21(25)22-17-29(23-13-6-4-11-20(22)23)26(24(30)16-28-2)18-9-8-10-19(27)15-18/h4-15,17,24,26,28,30H,3,16H2,1-2H3. The van der Waals surface area contributed by atoms with Gasteiger partial charge in [0.1, 0.15) is 11.6 Å². The fourth-order valence-corrected chi connectivity index (χ4v) is 4.20. The summed E-state index contributed by atoms with van der Waals surface area (Å²) in [5.41, 5.74) is 3.68. The van der Waals surface area contributed by atoms with Crippen LogP contribution in [-0.4, -0.2) is 36.0 Å². The van der Waals surface area contributed by atoms with Crippen LogP contribution in [0, 0.1) is 5.82 Å². The highest BCUT2D eigenvalue weighted by Gasteiger charge is 2.26. The molecule has 31 heavy (non-hydrogen) atoms. The molecule has 160 valence electrons. The third-order valence-electron chi connectivity index (χ3n) is 5.49. The molecule has 0 saturated heterocycles. The quantitative estimate of drug-likeness (QED) is 0.423. The normalized spacial score (nSPS) is 13.3. The van der Waals surface area contributed by atoms with Crippen LogP contribution < -0.4 is 10.1 Å². The summed E-state index contributed by atoms with van der Waals surface area (Å²) in [7, 11) is 1.80. The van der Waals surface area contributed by atoms with E-state index in [-0.39, 0.29) is 5.82 Å². The second kappa shape index (κ2) is 9.33. The number of hydrogen-bond acceptors (Lipinski definition) is 3. The molecule has 2 unspecified atom stereocenters. The molecule has 2 N–H and O–H groups in total. The predicted octanol–water partition coefficient (Wildman–Crippen LogP) is 5.02. The van der Waals surface area contributed by atoms with Crippen molar-refractivity contribution in [1.29, 1.82) is 0 Å². The minimum absolute atomic E-state index is 0.322. The fourth-order valence-electron chi connectivity index (χ4n) is 4.20. The number of nitrogens with zero attached hydrogens (tertiary/aromatic N) is 1. The molecule has 0 radical (unpaired) electrons. The Kier molecular flexibility index (Phi) is 6.35. The highest BCUT2D eigenvalue weighted by atomic mass is 19.1. The molecule has 2 atom stereocenters. The number of aliphatic hydroxyl groups is 1. The average Bonchev–Trinajstić information content (AvgIpc) is 3.14. The molecule has 5 heteroatoms. The van der Waals surface area contributed by atoms with E-state index in [0.29, 0.717) is 18.7 Å². The average molecular weight is 419 g/mol. The van der Waals surface area contributed by atoms with Crippen LogP contribution in [-0.2, 0) is 0 Å². The first kappa shape index (κ1) is 21.1. The molecule has 4 nitrogen and oxygen atoms in total. The Morgan fingerprint density at radius 2 is 1.77 bits per heavy atom. The SMILES string of the molecule is CCOc1ccccc1-c1cn(C(c2cccc(F)c2)C(O)CNC)c2ccccc12. The van der Waals surface area contributed by atoms with E-state index in [0.717, 1.165) is 27.8 Å². The van der Waals surface area contributed by atoms with Crippen molar-refractivity contribution in [2.45, 2.75) is 19.1 Å². The van der Waals surface area contributed by atoms with Gasteiger partial charge in [-0.1, -0.05) is 48.5 Å². The molecule has 0 aliphatic rings. The van der Waals surface area contributed by atoms with Crippen molar-refractivity contribution in [2.75, 3.05) is 20.2 Å². The van der Waals surface area contributed by atoms with Crippen LogP contribution in [0.5, 0.6) is 5.75 Å². The summed E-state index contributed by atoms with van der Waals surface area (Å²) in [6.07, 6.45) is 1.29. The van der Waals surface area contributed by atoms with Gasteiger partial charge in [-0.05, 0) is 43.8 Å². The van der Waals surface area contributed by atoms with Gasteiger partial charge in [-0.25, -0.2) is 4.39 Å². The van der Waals surface area contributed by atoms with E-state index >= 15 is 0 Å². The number of nitrogens with one attached hydrogen (secondary N) is 1. The molecular formula is C26H27FN2O2. The van der Waals surface area contributed by atoms with E-state index in [1.165, 1.54) is 12.1 Å². The molecule has 4 rings (SSSR count). The molecule has 0 saturated carbocycles. The van der Waals surface area contributed by atoms with Gasteiger partial charge in [0.15, 0.2) is 0 Å². The first-order valence-electron chi connectivity index (χ1n) is 10.5. The van der Waals surface area contributed by atoms with Crippen molar-refractivity contribution in [3.63, 3.8) is 0 Å². The van der Waals surface area contributed by atoms with E-state index in [1.807, 2.05) is 66.2 Å². The fraction of sp³-hybridized carbons (Fsp3) is 0.231. The topological polar surface area (TPSA) is 46.4 Å². The summed E-state index contributed by atoms with van der Waals surface area (Å²) in [4.78, 5) is 0. The lowest BCUT2D eigenvalue weighted by atomic mass is 10.0. The number of para-hydroxylation sites is 2. The number of likely N-dealkylation sites (N-methyl/N-ethyl adjacent to an activating group) is 1. The van der Waals surface area contributed by atoms with Crippen molar-refractivity contribution < 1.29 is 14.2 Å². The number of ether oxygens (including phenoxy) is 1. The number of rotatable bonds is 8. The van der Waals surface area contributed by atoms with Gasteiger partial charge in [-0.15, -0.1) is 0 Å². The Balaban J connectivity index is 1.95. The van der Waals surface area contributed by atoms with Crippen molar-refractivity contribution in [3.8, 4) is 16.9 Å². The lowest BCUT2D eigenvalue weighted by Crippen LogP contribution is -2.33. The molecule has 1 heterocycles. The summed E-state index contributed by atoms with van der Waals surface area (Å²) >= 11 is 0. The van der Waals surface area contributed by atoms with Gasteiger partial charge in [0, 0.05) is 34.8 Å². The molecule has 0 amide bonds. The monoisotopic (exact) mass is 418 g/mol. The van der Waals surface area contributed by atoms with Crippen molar-refractivity contribution >= 4 is 10.9 Å². The van der Waals surface area contributed by atoms with Gasteiger partial charge in [-0.2, -0.15) is 0 Å². The highest BCUT2D eigenvalue weighted by molar-refractivity contribution is 5.97. The van der Waals surface area contributed by atoms with Crippen LogP contribution in [0.25, 0.3) is 22.0 Å². The maximum Gasteiger partial charge on any atom is 0.127 e. The largest absolute Gasteiger partial charge is 0.493 e. The van der Waals surface area contributed by atoms with Crippen molar-refractivity contribution in [2.24, 2.45) is 0 Å². The zero-order valence-electron chi connectivity index (χ0n) is 17.8. The van der Waals surface area contributed by atoms with Crippen molar-refractivity contribution in [1.82, 2.24) is 9.88 Å². The van der Waals surface area contributed by atoms with Gasteiger partial charge in [0.25, 0.3) is 0 Å². The molecule has 0 spiro atoms. The third-order valence-corrected chi connectivity index (χ3v) is 5.49. The van der Waals surface area contributed by atoms with E-state index < -0.39 is 12.1 Å². The molecule has 0 bridgehead atoms. The highest BCUT2D eigenvalue weighted by Crippen LogP contribution is 2.39. The molecule has 3 aromatic carbocycles. The van der Waals surface area contributed by atoms with Crippen molar-refractivity contribution in [3.05, 3.63) is 90.4 Å². The van der Waals surface area contributed by atoms with Crippen LogP contribution in [0.1, 0.15) is 18.5 Å². The number of benzene rings is 3. The Morgan fingerprint density at radius 1 is 1.00 bits per heavy atom. The molecule has 0 aliphatic heterocycles. The van der Waals surface area contributed by atoms with Crippen LogP contribution in [0.15, 0.2) is 79.0 Å². The van der Waals surface area contributed by atoms with Crippen LogP contribution in [0.3, 0.4) is 0 Å². The van der Waals surface area contributed by atoms with Gasteiger partial charge < -0.3 is 19.7 Å². The van der Waals surface area contributed by atoms with Gasteiger partial charge in [-0.3, -0.25) is 0 Å². The van der Waals surface area contributed by atoms with E-state index in [1.54, 1.807) is 13.1 Å². The number of halogens is 1. The smallest absolute Gasteiger partial charge is 0.127 e. The second-order valence-corrected chi connectivity index (χ2v) is 7.52. The number of hydrogen-bond donors (Lipinski definition) is 2. The lowest BCUT2D eigenvalue weighted by Gasteiger charge is -2.26. The van der Waals surface area contributed by atoms with Crippen LogP contribution in [0.2, 0.25) is 0 Å². The Labute approximate surface area is 181 Å². The van der Waals surface area contributed by atoms with E-state index in [9.17, 15) is 9.50 Å². The minimum Gasteiger partial charge on any atom is -0.493 e. The predicted molar refractivity (Wildman–Crippen MR) is 123 cm³/mol. The Morgan fingerprint density at radius 3 is 2.55 bits per heavy atom. The lowest BCUT2D eigenvalue weighted by molar-refractivity contribution is 0.132.